The van der Waals surface area contributed by atoms with Crippen molar-refractivity contribution in [3.63, 3.8) is 0 Å². The first kappa shape index (κ1) is 70.0. The summed E-state index contributed by atoms with van der Waals surface area (Å²) in [6, 6.07) is 43.9. The zero-order valence-corrected chi connectivity index (χ0v) is 59.7. The number of aromatic hydroxyl groups is 2. The highest BCUT2D eigenvalue weighted by Gasteiger charge is 2.58. The molecule has 102 heavy (non-hydrogen) atoms. The number of phenolic OH excluding ortho intramolecular Hbond substituents is 2. The predicted octanol–water partition coefficient (Wildman–Crippen LogP) is 16.6. The molecule has 0 fully saturated rings. The Balaban J connectivity index is 0.000000182. The van der Waals surface area contributed by atoms with Gasteiger partial charge < -0.3 is 67.7 Å². The highest BCUT2D eigenvalue weighted by atomic mass is 35.5. The zero-order valence-electron chi connectivity index (χ0n) is 58.2. The fourth-order valence-electron chi connectivity index (χ4n) is 15.6. The Kier molecular flexibility index (Phi) is 18.6. The largest absolute Gasteiger partial charge is 0.508 e. The highest BCUT2D eigenvalue weighted by Crippen LogP contribution is 2.64. The maximum atomic E-state index is 13.8. The van der Waals surface area contributed by atoms with Gasteiger partial charge in [0.2, 0.25) is 13.6 Å². The van der Waals surface area contributed by atoms with E-state index in [-0.39, 0.29) is 47.3 Å². The average Bonchev–Trinajstić information content (AvgIpc) is 1.36. The van der Waals surface area contributed by atoms with Crippen molar-refractivity contribution >= 4 is 93.1 Å². The second-order valence-electron chi connectivity index (χ2n) is 27.9. The van der Waals surface area contributed by atoms with E-state index < -0.39 is 60.6 Å². The highest BCUT2D eigenvalue weighted by molar-refractivity contribution is 6.34. The van der Waals surface area contributed by atoms with Gasteiger partial charge in [0.1, 0.15) is 34.5 Å². The van der Waals surface area contributed by atoms with Gasteiger partial charge in [-0.2, -0.15) is 0 Å². The second kappa shape index (κ2) is 27.2. The number of benzene rings is 8. The molecule has 22 heteroatoms. The molecule has 0 saturated carbocycles. The maximum absolute atomic E-state index is 13.8. The van der Waals surface area contributed by atoms with Gasteiger partial charge in [0.05, 0.1) is 43.8 Å². The van der Waals surface area contributed by atoms with E-state index in [0.717, 1.165) is 46.7 Å². The van der Waals surface area contributed by atoms with E-state index in [1.807, 2.05) is 96.7 Å². The first-order chi connectivity index (χ1) is 48.6. The monoisotopic (exact) mass is 1420 g/mol. The Labute approximate surface area is 601 Å². The summed E-state index contributed by atoms with van der Waals surface area (Å²) in [7, 11) is 3.75. The molecule has 14 rings (SSSR count). The Morgan fingerprint density at radius 3 is 1.47 bits per heavy atom. The summed E-state index contributed by atoms with van der Waals surface area (Å²) in [5.41, 5.74) is 8.58. The molecule has 6 aliphatic heterocycles. The quantitative estimate of drug-likeness (QED) is 0.0520. The molecule has 0 aliphatic carbocycles. The molecule has 4 unspecified atom stereocenters. The van der Waals surface area contributed by atoms with Crippen LogP contribution >= 0.6 is 23.2 Å². The number of hydrogen-bond donors (Lipinski definition) is 2. The van der Waals surface area contributed by atoms with Crippen molar-refractivity contribution in [2.45, 2.75) is 128 Å². The lowest BCUT2D eigenvalue weighted by molar-refractivity contribution is -0.167. The molecule has 0 bridgehead atoms. The Hall–Kier alpha value is -10.4. The average molecular weight is 1420 g/mol. The number of carbonyl (C=O) groups excluding carboxylic acids is 6. The molecule has 2 N–H and O–H groups in total. The van der Waals surface area contributed by atoms with E-state index in [9.17, 15) is 39.0 Å². The number of hydrogen-bond acceptors (Lipinski definition) is 20. The number of phenols is 2. The van der Waals surface area contributed by atoms with Crippen molar-refractivity contribution in [1.29, 1.82) is 0 Å². The van der Waals surface area contributed by atoms with Gasteiger partial charge in [-0.1, -0.05) is 79.5 Å². The topological polar surface area (TPSA) is 230 Å². The van der Waals surface area contributed by atoms with Crippen molar-refractivity contribution in [1.82, 2.24) is 0 Å². The summed E-state index contributed by atoms with van der Waals surface area (Å²) in [6.45, 7) is 15.8. The number of ether oxygens (including phenoxy) is 8. The normalized spacial score (nSPS) is 19.2. The molecule has 6 aliphatic rings. The van der Waals surface area contributed by atoms with Crippen LogP contribution in [-0.4, -0.2) is 97.9 Å². The molecule has 6 heterocycles. The van der Waals surface area contributed by atoms with Gasteiger partial charge in [0.15, 0.2) is 11.2 Å². The maximum Gasteiger partial charge on any atom is 0.340 e. The van der Waals surface area contributed by atoms with Gasteiger partial charge in [0.25, 0.3) is 0 Å². The molecule has 0 aromatic heterocycles. The van der Waals surface area contributed by atoms with Crippen LogP contribution in [0, 0.1) is 0 Å². The number of halogens is 2. The first-order valence-electron chi connectivity index (χ1n) is 33.9. The minimum absolute atomic E-state index is 0.114. The lowest BCUT2D eigenvalue weighted by Crippen LogP contribution is -2.50. The molecule has 528 valence electrons. The molecule has 0 radical (unpaired) electrons. The van der Waals surface area contributed by atoms with E-state index in [1.54, 1.807) is 60.7 Å². The summed E-state index contributed by atoms with van der Waals surface area (Å²) < 4.78 is 46.4. The van der Waals surface area contributed by atoms with Gasteiger partial charge in [-0.25, -0.2) is 9.59 Å². The Morgan fingerprint density at radius 1 is 0.520 bits per heavy atom. The third kappa shape index (κ3) is 12.6. The van der Waals surface area contributed by atoms with Crippen molar-refractivity contribution in [3.8, 4) is 34.5 Å². The fraction of sp³-hybridized carbons (Fsp3) is 0.325. The summed E-state index contributed by atoms with van der Waals surface area (Å²) in [6.07, 6.45) is 2.92. The number of nitrogens with zero attached hydrogens (tertiary/aromatic N) is 4. The fourth-order valence-corrected chi connectivity index (χ4v) is 16.2. The lowest BCUT2D eigenvalue weighted by Gasteiger charge is -2.51. The predicted molar refractivity (Wildman–Crippen MR) is 385 cm³/mol. The van der Waals surface area contributed by atoms with Crippen LogP contribution in [0.1, 0.15) is 171 Å². The zero-order chi connectivity index (χ0) is 72.5. The van der Waals surface area contributed by atoms with Crippen molar-refractivity contribution in [2.75, 3.05) is 60.4 Å². The number of anilines is 6. The van der Waals surface area contributed by atoms with Crippen molar-refractivity contribution in [2.24, 2.45) is 0 Å². The number of fused-ring (bicyclic) bond motifs is 15. The SMILES string of the molecule is CC(=O)OCOC(=O)CCCN1c2c(ccc3c2C2(OC(=O)c4ccccc42)c2cc(Cl)c(N(C)c4ccc(O)cc4)cc2O3)C(C)CC1(C)C.CC(=O)OCOC(=O)CCCN1c2cc3c(cc2C(C)CC1(C)C)C1(OC(=O)c2ccccc21)c1cc(Cl)c(N(C)c2ccc(O)cc2)cc1O3. The molecule has 8 aromatic rings. The summed E-state index contributed by atoms with van der Waals surface area (Å²) >= 11 is 14.2. The van der Waals surface area contributed by atoms with Gasteiger partial charge in [-0.3, -0.25) is 19.2 Å². The minimum atomic E-state index is -1.39. The van der Waals surface area contributed by atoms with Crippen LogP contribution in [-0.2, 0) is 58.8 Å². The number of esters is 6. The summed E-state index contributed by atoms with van der Waals surface area (Å²) in [5, 5.41) is 20.6. The number of carbonyl (C=O) groups is 6. The molecular weight excluding hydrogens is 1340 g/mol. The van der Waals surface area contributed by atoms with Crippen LogP contribution in [0.3, 0.4) is 0 Å². The second-order valence-corrected chi connectivity index (χ2v) is 28.7. The molecule has 0 saturated heterocycles. The lowest BCUT2D eigenvalue weighted by atomic mass is 9.72. The van der Waals surface area contributed by atoms with Crippen LogP contribution in [0.15, 0.2) is 146 Å². The van der Waals surface area contributed by atoms with E-state index in [2.05, 4.69) is 63.5 Å². The van der Waals surface area contributed by atoms with Crippen LogP contribution < -0.4 is 29.1 Å². The smallest absolute Gasteiger partial charge is 0.340 e. The van der Waals surface area contributed by atoms with E-state index in [0.29, 0.717) is 115 Å². The molecule has 4 atom stereocenters. The molecule has 0 amide bonds. The summed E-state index contributed by atoms with van der Waals surface area (Å²) in [4.78, 5) is 82.9. The van der Waals surface area contributed by atoms with E-state index in [1.165, 1.54) is 13.8 Å². The Bertz CT molecular complexity index is 4640. The van der Waals surface area contributed by atoms with E-state index in [4.69, 9.17) is 61.1 Å². The first-order valence-corrected chi connectivity index (χ1v) is 34.6. The van der Waals surface area contributed by atoms with Crippen LogP contribution in [0.4, 0.5) is 34.1 Å². The van der Waals surface area contributed by atoms with Crippen molar-refractivity contribution in [3.05, 3.63) is 211 Å². The third-order valence-corrected chi connectivity index (χ3v) is 20.9. The van der Waals surface area contributed by atoms with E-state index >= 15 is 0 Å². The van der Waals surface area contributed by atoms with Gasteiger partial charge in [-0.05, 0) is 161 Å². The standard InChI is InChI=1S/2C40H39ClN2O8/c1-23-21-39(3,4)43(18-8-11-35(46)49-22-48-24(2)44)37-27(23)16-17-33-36(37)40(29-10-7-6-9-28(29)38(47)51-40)30-19-31(41)32(20-34(30)50-33)42(5)25-12-14-26(45)15-13-25;1-23-21-39(3,4)43(16-8-11-37(46)49-22-48-24(2)44)33-19-35-30(17-28(23)33)40(29-10-7-6-9-27(29)38(47)51-40)31-18-32(41)34(20-36(31)50-35)42(5)25-12-14-26(45)15-13-25/h6-7,9-10,12-17,19-20,23,45H,8,11,18,21-22H2,1-5H3;6-7,9-10,12-15,17-20,23,45H,8,11,16,21-22H2,1-5H3. The molecular formula is C80H78Cl2N4O16. The van der Waals surface area contributed by atoms with Crippen molar-refractivity contribution < 1.29 is 76.9 Å². The van der Waals surface area contributed by atoms with Crippen LogP contribution in [0.5, 0.6) is 34.5 Å². The van der Waals surface area contributed by atoms with Crippen LogP contribution in [0.2, 0.25) is 10.0 Å². The van der Waals surface area contributed by atoms with Gasteiger partial charge in [0, 0.05) is 128 Å². The van der Waals surface area contributed by atoms with Crippen LogP contribution in [0.25, 0.3) is 0 Å². The molecule has 8 aromatic carbocycles. The Morgan fingerprint density at radius 2 is 0.951 bits per heavy atom. The minimum Gasteiger partial charge on any atom is -0.508 e. The number of rotatable bonds is 16. The van der Waals surface area contributed by atoms with Gasteiger partial charge in [-0.15, -0.1) is 0 Å². The van der Waals surface area contributed by atoms with Gasteiger partial charge >= 0.3 is 35.8 Å². The third-order valence-electron chi connectivity index (χ3n) is 20.3. The summed E-state index contributed by atoms with van der Waals surface area (Å²) in [5.74, 6) is -0.156. The molecule has 20 nitrogen and oxygen atoms in total. The molecule has 2 spiro atoms.